The van der Waals surface area contributed by atoms with E-state index < -0.39 is 28.3 Å². The van der Waals surface area contributed by atoms with E-state index in [-0.39, 0.29) is 17.1 Å². The Morgan fingerprint density at radius 2 is 1.87 bits per heavy atom. The smallest absolute Gasteiger partial charge is 0.416 e. The predicted octanol–water partition coefficient (Wildman–Crippen LogP) is 2.97. The molecule has 4 rings (SSSR count). The van der Waals surface area contributed by atoms with Crippen molar-refractivity contribution in [1.29, 1.82) is 0 Å². The van der Waals surface area contributed by atoms with Crippen LogP contribution in [0.4, 0.5) is 20.6 Å². The number of carbonyl (C=O) groups is 1. The first-order chi connectivity index (χ1) is 14.8. The van der Waals surface area contributed by atoms with E-state index in [1.165, 1.54) is 23.1 Å². The Bertz CT molecular complexity index is 1100. The summed E-state index contributed by atoms with van der Waals surface area (Å²) in [4.78, 5) is 15.5. The van der Waals surface area contributed by atoms with Gasteiger partial charge in [-0.1, -0.05) is 23.8 Å². The van der Waals surface area contributed by atoms with E-state index in [9.17, 15) is 17.6 Å². The van der Waals surface area contributed by atoms with Crippen LogP contribution in [-0.2, 0) is 23.8 Å². The number of benzene rings is 2. The van der Waals surface area contributed by atoms with Crippen LogP contribution in [0.5, 0.6) is 0 Å². The van der Waals surface area contributed by atoms with Gasteiger partial charge in [0.05, 0.1) is 36.0 Å². The van der Waals surface area contributed by atoms with Gasteiger partial charge in [0.2, 0.25) is 6.29 Å². The molecule has 2 heterocycles. The molecule has 0 radical (unpaired) electrons. The number of anilines is 2. The van der Waals surface area contributed by atoms with Crippen molar-refractivity contribution >= 4 is 27.6 Å². The average molecular weight is 450 g/mol. The molecular weight excluding hydrogens is 427 g/mol. The second-order valence-electron chi connectivity index (χ2n) is 7.45. The molecule has 2 aromatic rings. The zero-order valence-electron chi connectivity index (χ0n) is 17.2. The summed E-state index contributed by atoms with van der Waals surface area (Å²) >= 11 is 0. The zero-order chi connectivity index (χ0) is 22.2. The quantitative estimate of drug-likeness (QED) is 0.648. The standard InChI is InChI=1S/C21H23FN2O6S/c1-14-6-7-18(15(2)12-14)31(26,27)30-19-13-24(21(25)29-19)17-5-3-4-16(22)20(17)23-8-10-28-11-9-23/h3-7,12,19H,8-11,13H2,1-2H3. The lowest BCUT2D eigenvalue weighted by Crippen LogP contribution is -2.38. The van der Waals surface area contributed by atoms with E-state index in [1.54, 1.807) is 30.0 Å². The molecule has 0 aliphatic carbocycles. The highest BCUT2D eigenvalue weighted by molar-refractivity contribution is 7.86. The summed E-state index contributed by atoms with van der Waals surface area (Å²) in [6.07, 6.45) is -2.15. The number of halogens is 1. The van der Waals surface area contributed by atoms with Crippen LogP contribution in [0.3, 0.4) is 0 Å². The molecule has 0 N–H and O–H groups in total. The number of aryl methyl sites for hydroxylation is 2. The van der Waals surface area contributed by atoms with Gasteiger partial charge in [0.1, 0.15) is 5.82 Å². The maximum Gasteiger partial charge on any atom is 0.417 e. The summed E-state index contributed by atoms with van der Waals surface area (Å²) < 4.78 is 55.8. The van der Waals surface area contributed by atoms with E-state index in [2.05, 4.69) is 0 Å². The first-order valence-electron chi connectivity index (χ1n) is 9.86. The van der Waals surface area contributed by atoms with Gasteiger partial charge in [-0.2, -0.15) is 8.42 Å². The molecule has 1 unspecified atom stereocenters. The van der Waals surface area contributed by atoms with Crippen LogP contribution >= 0.6 is 0 Å². The third kappa shape index (κ3) is 4.36. The Morgan fingerprint density at radius 3 is 2.58 bits per heavy atom. The molecule has 2 fully saturated rings. The summed E-state index contributed by atoms with van der Waals surface area (Å²) in [6.45, 7) is 5.15. The van der Waals surface area contributed by atoms with E-state index >= 15 is 0 Å². The van der Waals surface area contributed by atoms with Crippen molar-refractivity contribution in [3.63, 3.8) is 0 Å². The van der Waals surface area contributed by atoms with Crippen LogP contribution in [0.2, 0.25) is 0 Å². The lowest BCUT2D eigenvalue weighted by atomic mass is 10.2. The fourth-order valence-corrected chi connectivity index (χ4v) is 4.95. The van der Waals surface area contributed by atoms with E-state index in [4.69, 9.17) is 13.7 Å². The van der Waals surface area contributed by atoms with E-state index in [0.717, 1.165) is 5.56 Å². The van der Waals surface area contributed by atoms with Crippen molar-refractivity contribution in [2.45, 2.75) is 25.0 Å². The SMILES string of the molecule is Cc1ccc(S(=O)(=O)OC2CN(c3cccc(F)c3N3CCOCC3)C(=O)O2)c(C)c1. The largest absolute Gasteiger partial charge is 0.417 e. The van der Waals surface area contributed by atoms with Crippen LogP contribution in [0.15, 0.2) is 41.3 Å². The van der Waals surface area contributed by atoms with Gasteiger partial charge < -0.3 is 14.4 Å². The Labute approximate surface area is 180 Å². The van der Waals surface area contributed by atoms with Gasteiger partial charge in [-0.15, -0.1) is 0 Å². The summed E-state index contributed by atoms with van der Waals surface area (Å²) in [5.74, 6) is -0.487. The zero-order valence-corrected chi connectivity index (χ0v) is 18.0. The molecule has 2 saturated heterocycles. The molecule has 166 valence electrons. The first kappa shape index (κ1) is 21.5. The summed E-state index contributed by atoms with van der Waals surface area (Å²) in [5.41, 5.74) is 1.99. The third-order valence-electron chi connectivity index (χ3n) is 5.20. The number of rotatable bonds is 5. The number of nitrogens with zero attached hydrogens (tertiary/aromatic N) is 2. The lowest BCUT2D eigenvalue weighted by Gasteiger charge is -2.32. The second kappa shape index (κ2) is 8.45. The second-order valence-corrected chi connectivity index (χ2v) is 8.99. The van der Waals surface area contributed by atoms with Crippen LogP contribution in [0.1, 0.15) is 11.1 Å². The number of morpholine rings is 1. The molecular formula is C21H23FN2O6S. The fourth-order valence-electron chi connectivity index (χ4n) is 3.78. The topological polar surface area (TPSA) is 85.4 Å². The maximum absolute atomic E-state index is 14.7. The van der Waals surface area contributed by atoms with Crippen molar-refractivity contribution in [1.82, 2.24) is 0 Å². The van der Waals surface area contributed by atoms with Gasteiger partial charge in [0.15, 0.2) is 0 Å². The number of para-hydroxylation sites is 1. The van der Waals surface area contributed by atoms with Crippen molar-refractivity contribution in [3.8, 4) is 0 Å². The molecule has 8 nitrogen and oxygen atoms in total. The number of carbonyl (C=O) groups excluding carboxylic acids is 1. The molecule has 2 aromatic carbocycles. The van der Waals surface area contributed by atoms with Gasteiger partial charge in [0, 0.05) is 13.1 Å². The molecule has 1 atom stereocenters. The molecule has 1 amide bonds. The van der Waals surface area contributed by atoms with Crippen molar-refractivity contribution < 1.29 is 31.3 Å². The highest BCUT2D eigenvalue weighted by atomic mass is 32.2. The van der Waals surface area contributed by atoms with E-state index in [1.807, 2.05) is 6.92 Å². The number of cyclic esters (lactones) is 1. The molecule has 31 heavy (non-hydrogen) atoms. The first-order valence-corrected chi connectivity index (χ1v) is 11.3. The Morgan fingerprint density at radius 1 is 1.13 bits per heavy atom. The number of ether oxygens (including phenoxy) is 2. The predicted molar refractivity (Wildman–Crippen MR) is 111 cm³/mol. The minimum Gasteiger partial charge on any atom is -0.416 e. The normalized spacial score (nSPS) is 19.6. The monoisotopic (exact) mass is 450 g/mol. The van der Waals surface area contributed by atoms with Crippen LogP contribution in [0, 0.1) is 19.7 Å². The van der Waals surface area contributed by atoms with E-state index in [0.29, 0.717) is 37.6 Å². The van der Waals surface area contributed by atoms with Crippen LogP contribution < -0.4 is 9.80 Å². The Balaban J connectivity index is 1.57. The van der Waals surface area contributed by atoms with Gasteiger partial charge in [-0.05, 0) is 37.6 Å². The van der Waals surface area contributed by atoms with Crippen molar-refractivity contribution in [2.24, 2.45) is 0 Å². The van der Waals surface area contributed by atoms with Gasteiger partial charge in [-0.3, -0.25) is 4.90 Å². The summed E-state index contributed by atoms with van der Waals surface area (Å²) in [5, 5.41) is 0. The van der Waals surface area contributed by atoms with Crippen molar-refractivity contribution in [2.75, 3.05) is 42.6 Å². The van der Waals surface area contributed by atoms with Crippen LogP contribution in [0.25, 0.3) is 0 Å². The molecule has 0 aromatic heterocycles. The minimum absolute atomic E-state index is 0.00682. The van der Waals surface area contributed by atoms with Gasteiger partial charge in [-0.25, -0.2) is 13.4 Å². The van der Waals surface area contributed by atoms with Gasteiger partial charge >= 0.3 is 16.2 Å². The molecule has 0 spiro atoms. The molecule has 2 aliphatic rings. The van der Waals surface area contributed by atoms with Crippen molar-refractivity contribution in [3.05, 3.63) is 53.3 Å². The highest BCUT2D eigenvalue weighted by Gasteiger charge is 2.39. The average Bonchev–Trinajstić information content (AvgIpc) is 3.07. The minimum atomic E-state index is -4.16. The van der Waals surface area contributed by atoms with Gasteiger partial charge in [0.25, 0.3) is 0 Å². The molecule has 0 bridgehead atoms. The molecule has 0 saturated carbocycles. The highest BCUT2D eigenvalue weighted by Crippen LogP contribution is 2.36. The Hall–Kier alpha value is -2.69. The summed E-state index contributed by atoms with van der Waals surface area (Å²) in [6, 6.07) is 9.24. The number of amides is 1. The summed E-state index contributed by atoms with van der Waals surface area (Å²) in [7, 11) is -4.16. The number of hydrogen-bond donors (Lipinski definition) is 0. The fraction of sp³-hybridized carbons (Fsp3) is 0.381. The lowest BCUT2D eigenvalue weighted by molar-refractivity contribution is 0.0107. The molecule has 10 heteroatoms. The maximum atomic E-state index is 14.7. The Kier molecular flexibility index (Phi) is 5.87. The van der Waals surface area contributed by atoms with Crippen LogP contribution in [-0.4, -0.2) is 53.6 Å². The molecule has 2 aliphatic heterocycles. The number of hydrogen-bond acceptors (Lipinski definition) is 7. The third-order valence-corrected chi connectivity index (χ3v) is 6.67.